The number of anilines is 1. The normalized spacial score (nSPS) is 12.5. The average Bonchev–Trinajstić information content (AvgIpc) is 3.06. The Morgan fingerprint density at radius 2 is 1.54 bits per heavy atom. The molecular formula is C36H40FN3O5S. The zero-order valence-corrected chi connectivity index (χ0v) is 27.3. The molecule has 0 aromatic heterocycles. The van der Waals surface area contributed by atoms with Gasteiger partial charge < -0.3 is 15.0 Å². The zero-order valence-electron chi connectivity index (χ0n) is 26.5. The van der Waals surface area contributed by atoms with Crippen LogP contribution in [0.2, 0.25) is 0 Å². The van der Waals surface area contributed by atoms with Crippen LogP contribution in [0.5, 0.6) is 5.75 Å². The van der Waals surface area contributed by atoms with Crippen LogP contribution < -0.4 is 14.4 Å². The Morgan fingerprint density at radius 1 is 0.891 bits per heavy atom. The van der Waals surface area contributed by atoms with Crippen LogP contribution >= 0.6 is 0 Å². The minimum absolute atomic E-state index is 0.0306. The first kappa shape index (κ1) is 34.2. The fraction of sp³-hybridized carbons (Fsp3) is 0.278. The van der Waals surface area contributed by atoms with Crippen molar-refractivity contribution in [2.24, 2.45) is 0 Å². The van der Waals surface area contributed by atoms with E-state index in [1.54, 1.807) is 36.4 Å². The molecule has 2 atom stereocenters. The lowest BCUT2D eigenvalue weighted by atomic mass is 10.0. The molecule has 0 saturated carbocycles. The predicted octanol–water partition coefficient (Wildman–Crippen LogP) is 5.89. The van der Waals surface area contributed by atoms with E-state index in [0.717, 1.165) is 21.5 Å². The first-order chi connectivity index (χ1) is 22.0. The largest absolute Gasteiger partial charge is 0.497 e. The molecule has 0 saturated heterocycles. The summed E-state index contributed by atoms with van der Waals surface area (Å²) in [6, 6.07) is 26.7. The van der Waals surface area contributed by atoms with Crippen molar-refractivity contribution in [1.82, 2.24) is 10.2 Å². The molecule has 2 amide bonds. The van der Waals surface area contributed by atoms with Crippen molar-refractivity contribution >= 4 is 27.5 Å². The highest BCUT2D eigenvalue weighted by Gasteiger charge is 2.35. The van der Waals surface area contributed by atoms with E-state index in [9.17, 15) is 18.0 Å². The minimum Gasteiger partial charge on any atom is -0.497 e. The van der Waals surface area contributed by atoms with Crippen molar-refractivity contribution in [3.8, 4) is 5.75 Å². The maximum absolute atomic E-state index is 15.3. The quantitative estimate of drug-likeness (QED) is 0.185. The number of ether oxygens (including phenoxy) is 1. The van der Waals surface area contributed by atoms with Crippen LogP contribution in [-0.4, -0.2) is 50.9 Å². The molecule has 0 fully saturated rings. The van der Waals surface area contributed by atoms with Gasteiger partial charge in [0, 0.05) is 19.0 Å². The third kappa shape index (κ3) is 8.51. The summed E-state index contributed by atoms with van der Waals surface area (Å²) in [5.74, 6) is -1.31. The Labute approximate surface area is 270 Å². The van der Waals surface area contributed by atoms with Crippen LogP contribution in [-0.2, 0) is 32.6 Å². The van der Waals surface area contributed by atoms with Crippen molar-refractivity contribution in [1.29, 1.82) is 0 Å². The van der Waals surface area contributed by atoms with E-state index in [0.29, 0.717) is 17.7 Å². The van der Waals surface area contributed by atoms with Gasteiger partial charge in [0.2, 0.25) is 11.8 Å². The molecule has 4 aromatic rings. The van der Waals surface area contributed by atoms with Crippen molar-refractivity contribution in [3.63, 3.8) is 0 Å². The first-order valence-electron chi connectivity index (χ1n) is 15.1. The number of aryl methyl sites for hydroxylation is 1. The van der Waals surface area contributed by atoms with Crippen LogP contribution in [0.1, 0.15) is 37.0 Å². The molecule has 1 N–H and O–H groups in total. The van der Waals surface area contributed by atoms with Gasteiger partial charge in [-0.25, -0.2) is 12.8 Å². The van der Waals surface area contributed by atoms with Gasteiger partial charge in [-0.2, -0.15) is 0 Å². The molecule has 0 aliphatic carbocycles. The number of sulfonamides is 1. The third-order valence-corrected chi connectivity index (χ3v) is 9.54. The molecule has 46 heavy (non-hydrogen) atoms. The number of rotatable bonds is 14. The second kappa shape index (κ2) is 15.5. The maximum atomic E-state index is 15.3. The Balaban J connectivity index is 1.83. The van der Waals surface area contributed by atoms with Crippen LogP contribution in [0, 0.1) is 12.7 Å². The van der Waals surface area contributed by atoms with Gasteiger partial charge in [-0.3, -0.25) is 13.9 Å². The molecule has 10 heteroatoms. The monoisotopic (exact) mass is 645 g/mol. The van der Waals surface area contributed by atoms with E-state index >= 15 is 4.39 Å². The van der Waals surface area contributed by atoms with Crippen LogP contribution in [0.15, 0.2) is 108 Å². The molecule has 0 aliphatic rings. The molecule has 0 radical (unpaired) electrons. The van der Waals surface area contributed by atoms with Gasteiger partial charge in [-0.15, -0.1) is 0 Å². The number of benzene rings is 4. The topological polar surface area (TPSA) is 96.0 Å². The molecular weight excluding hydrogens is 605 g/mol. The fourth-order valence-electron chi connectivity index (χ4n) is 4.97. The van der Waals surface area contributed by atoms with E-state index in [-0.39, 0.29) is 35.5 Å². The second-order valence-corrected chi connectivity index (χ2v) is 13.0. The first-order valence-corrected chi connectivity index (χ1v) is 16.6. The van der Waals surface area contributed by atoms with Crippen molar-refractivity contribution in [2.75, 3.05) is 18.0 Å². The molecule has 0 aliphatic heterocycles. The van der Waals surface area contributed by atoms with Crippen molar-refractivity contribution in [2.45, 2.75) is 57.1 Å². The molecule has 0 heterocycles. The highest BCUT2D eigenvalue weighted by atomic mass is 32.2. The SMILES string of the molecule is CC[C@@H](C)NC(=O)[C@@H](Cc1ccccc1)N(Cc1cccc(OC)c1)C(=O)CN(c1ccccc1F)S(=O)(=O)c1ccc(C)cc1. The number of amides is 2. The number of nitrogens with one attached hydrogen (secondary N) is 1. The van der Waals surface area contributed by atoms with Gasteiger partial charge in [0.15, 0.2) is 0 Å². The van der Waals surface area contributed by atoms with Gasteiger partial charge in [0.25, 0.3) is 10.0 Å². The number of hydrogen-bond acceptors (Lipinski definition) is 5. The van der Waals surface area contributed by atoms with Crippen molar-refractivity contribution in [3.05, 3.63) is 126 Å². The molecule has 8 nitrogen and oxygen atoms in total. The highest BCUT2D eigenvalue weighted by Crippen LogP contribution is 2.28. The van der Waals surface area contributed by atoms with E-state index in [2.05, 4.69) is 5.32 Å². The number of methoxy groups -OCH3 is 1. The average molecular weight is 646 g/mol. The third-order valence-electron chi connectivity index (χ3n) is 7.77. The molecule has 242 valence electrons. The number of para-hydroxylation sites is 1. The summed E-state index contributed by atoms with van der Waals surface area (Å²) >= 11 is 0. The fourth-order valence-corrected chi connectivity index (χ4v) is 6.39. The number of carbonyl (C=O) groups excluding carboxylic acids is 2. The summed E-state index contributed by atoms with van der Waals surface area (Å²) in [6.45, 7) is 4.86. The van der Waals surface area contributed by atoms with Crippen LogP contribution in [0.4, 0.5) is 10.1 Å². The van der Waals surface area contributed by atoms with E-state index in [1.807, 2.05) is 51.1 Å². The summed E-state index contributed by atoms with van der Waals surface area (Å²) in [7, 11) is -2.88. The Bertz CT molecular complexity index is 1730. The number of carbonyl (C=O) groups is 2. The summed E-state index contributed by atoms with van der Waals surface area (Å²) < 4.78 is 49.6. The van der Waals surface area contributed by atoms with E-state index < -0.39 is 34.3 Å². The van der Waals surface area contributed by atoms with Crippen LogP contribution in [0.25, 0.3) is 0 Å². The summed E-state index contributed by atoms with van der Waals surface area (Å²) in [4.78, 5) is 29.7. The molecule has 4 aromatic carbocycles. The Kier molecular flexibility index (Phi) is 11.5. The predicted molar refractivity (Wildman–Crippen MR) is 177 cm³/mol. The van der Waals surface area contributed by atoms with E-state index in [4.69, 9.17) is 4.74 Å². The van der Waals surface area contributed by atoms with Gasteiger partial charge >= 0.3 is 0 Å². The summed E-state index contributed by atoms with van der Waals surface area (Å²) in [5.41, 5.74) is 2.05. The number of halogens is 1. The lowest BCUT2D eigenvalue weighted by Gasteiger charge is -2.34. The van der Waals surface area contributed by atoms with Gasteiger partial charge in [-0.05, 0) is 67.8 Å². The van der Waals surface area contributed by atoms with Crippen LogP contribution in [0.3, 0.4) is 0 Å². The lowest BCUT2D eigenvalue weighted by Crippen LogP contribution is -2.54. The summed E-state index contributed by atoms with van der Waals surface area (Å²) in [5, 5.41) is 3.00. The molecule has 4 rings (SSSR count). The highest BCUT2D eigenvalue weighted by molar-refractivity contribution is 7.92. The molecule has 0 unspecified atom stereocenters. The maximum Gasteiger partial charge on any atom is 0.264 e. The number of hydrogen-bond donors (Lipinski definition) is 1. The van der Waals surface area contributed by atoms with E-state index in [1.165, 1.54) is 42.3 Å². The standard InChI is InChI=1S/C36H40FN3O5S/c1-5-27(3)38-36(42)34(23-28-12-7-6-8-13-28)39(24-29-14-11-15-30(22-29)45-4)35(41)25-40(33-17-10-9-16-32(33)37)46(43,44)31-20-18-26(2)19-21-31/h6-22,27,34H,5,23-25H2,1-4H3,(H,38,42)/t27-,34-/m1/s1. The minimum atomic E-state index is -4.41. The Hall–Kier alpha value is -4.70. The van der Waals surface area contributed by atoms with Gasteiger partial charge in [-0.1, -0.05) is 79.2 Å². The lowest BCUT2D eigenvalue weighted by molar-refractivity contribution is -0.140. The van der Waals surface area contributed by atoms with Gasteiger partial charge in [0.05, 0.1) is 17.7 Å². The van der Waals surface area contributed by atoms with Crippen molar-refractivity contribution < 1.29 is 27.1 Å². The smallest absolute Gasteiger partial charge is 0.264 e. The zero-order chi connectivity index (χ0) is 33.3. The molecule has 0 bridgehead atoms. The van der Waals surface area contributed by atoms with Gasteiger partial charge in [0.1, 0.15) is 24.2 Å². The summed E-state index contributed by atoms with van der Waals surface area (Å²) in [6.07, 6.45) is 0.840. The molecule has 0 spiro atoms. The number of nitrogens with zero attached hydrogens (tertiary/aromatic N) is 2. The second-order valence-electron chi connectivity index (χ2n) is 11.2. The Morgan fingerprint density at radius 3 is 2.20 bits per heavy atom.